The van der Waals surface area contributed by atoms with Crippen LogP contribution in [0, 0.1) is 5.92 Å². The minimum absolute atomic E-state index is 0.0664. The molecule has 0 saturated heterocycles. The summed E-state index contributed by atoms with van der Waals surface area (Å²) in [6.45, 7) is 5.29. The quantitative estimate of drug-likeness (QED) is 0.566. The van der Waals surface area contributed by atoms with Crippen molar-refractivity contribution in [3.63, 3.8) is 0 Å². The predicted octanol–water partition coefficient (Wildman–Crippen LogP) is 1.87. The summed E-state index contributed by atoms with van der Waals surface area (Å²) in [5.74, 6) is 0.337. The van der Waals surface area contributed by atoms with Crippen LogP contribution >= 0.6 is 0 Å². The summed E-state index contributed by atoms with van der Waals surface area (Å²) in [7, 11) is 0. The smallest absolute Gasteiger partial charge is 0.166 e. The number of allylic oxidation sites excluding steroid dienone is 1. The Hall–Kier alpha value is -0.890. The highest BCUT2D eigenvalue weighted by Crippen LogP contribution is 2.34. The van der Waals surface area contributed by atoms with E-state index >= 15 is 0 Å². The van der Waals surface area contributed by atoms with Crippen LogP contribution in [0.5, 0.6) is 0 Å². The second-order valence-electron chi connectivity index (χ2n) is 3.69. The van der Waals surface area contributed by atoms with E-state index in [1.807, 2.05) is 13.8 Å². The van der Waals surface area contributed by atoms with Crippen molar-refractivity contribution in [1.29, 1.82) is 0 Å². The van der Waals surface area contributed by atoms with E-state index in [0.717, 1.165) is 24.2 Å². The first-order valence-corrected chi connectivity index (χ1v) is 4.74. The highest BCUT2D eigenvalue weighted by Gasteiger charge is 2.32. The molecule has 1 aliphatic heterocycles. The van der Waals surface area contributed by atoms with Gasteiger partial charge in [-0.3, -0.25) is 4.79 Å². The molecule has 0 spiro atoms. The Morgan fingerprint density at radius 3 is 3.08 bits per heavy atom. The molecule has 0 aromatic heterocycles. The van der Waals surface area contributed by atoms with Crippen molar-refractivity contribution < 1.29 is 9.53 Å². The van der Waals surface area contributed by atoms with Crippen LogP contribution in [0.3, 0.4) is 0 Å². The summed E-state index contributed by atoms with van der Waals surface area (Å²) in [5.41, 5.74) is 3.25. The number of fused-ring (bicyclic) bond motifs is 1. The monoisotopic (exact) mass is 178 g/mol. The van der Waals surface area contributed by atoms with Crippen LogP contribution in [0.15, 0.2) is 22.8 Å². The van der Waals surface area contributed by atoms with Crippen molar-refractivity contribution in [2.45, 2.75) is 20.3 Å². The van der Waals surface area contributed by atoms with Crippen molar-refractivity contribution in [2.24, 2.45) is 5.92 Å². The maximum atomic E-state index is 11.6. The molecule has 2 rings (SSSR count). The van der Waals surface area contributed by atoms with Gasteiger partial charge in [0.15, 0.2) is 5.78 Å². The second kappa shape index (κ2) is 3.11. The van der Waals surface area contributed by atoms with Crippen molar-refractivity contribution >= 4 is 5.78 Å². The number of ketones is 1. The molecule has 1 aliphatic carbocycles. The number of carbonyl (C=O) groups excluding carboxylic acids is 1. The number of carbonyl (C=O) groups is 1. The van der Waals surface area contributed by atoms with Crippen molar-refractivity contribution in [3.05, 3.63) is 22.8 Å². The van der Waals surface area contributed by atoms with Gasteiger partial charge in [-0.2, -0.15) is 0 Å². The van der Waals surface area contributed by atoms with Gasteiger partial charge in [0.1, 0.15) is 0 Å². The minimum Gasteiger partial charge on any atom is -0.376 e. The van der Waals surface area contributed by atoms with E-state index < -0.39 is 0 Å². The molecule has 0 unspecified atom stereocenters. The fourth-order valence-corrected chi connectivity index (χ4v) is 2.06. The lowest BCUT2D eigenvalue weighted by Gasteiger charge is -2.05. The number of hydrogen-bond donors (Lipinski definition) is 0. The summed E-state index contributed by atoms with van der Waals surface area (Å²) in [5, 5.41) is 0. The Kier molecular flexibility index (Phi) is 2.08. The van der Waals surface area contributed by atoms with E-state index in [4.69, 9.17) is 4.74 Å². The van der Waals surface area contributed by atoms with E-state index in [-0.39, 0.29) is 11.7 Å². The summed E-state index contributed by atoms with van der Waals surface area (Å²) in [4.78, 5) is 11.6. The molecule has 2 heteroatoms. The predicted molar refractivity (Wildman–Crippen MR) is 50.4 cm³/mol. The topological polar surface area (TPSA) is 26.3 Å². The Bertz CT molecular complexity index is 310. The number of hydrogen-bond acceptors (Lipinski definition) is 2. The van der Waals surface area contributed by atoms with Gasteiger partial charge < -0.3 is 4.74 Å². The van der Waals surface area contributed by atoms with Crippen LogP contribution in [0.2, 0.25) is 0 Å². The third-order valence-electron chi connectivity index (χ3n) is 2.90. The molecule has 0 bridgehead atoms. The molecule has 13 heavy (non-hydrogen) atoms. The lowest BCUT2D eigenvalue weighted by molar-refractivity contribution is -0.117. The fourth-order valence-electron chi connectivity index (χ4n) is 2.06. The van der Waals surface area contributed by atoms with Crippen LogP contribution in [0.1, 0.15) is 20.3 Å². The lowest BCUT2D eigenvalue weighted by Crippen LogP contribution is -2.05. The molecule has 0 aromatic rings. The number of rotatable bonds is 0. The van der Waals surface area contributed by atoms with Gasteiger partial charge in [0.2, 0.25) is 0 Å². The Morgan fingerprint density at radius 1 is 1.54 bits per heavy atom. The molecule has 0 N–H and O–H groups in total. The molecular weight excluding hydrogens is 164 g/mol. The van der Waals surface area contributed by atoms with E-state index in [1.165, 1.54) is 5.57 Å². The molecule has 1 atom stereocenters. The average Bonchev–Trinajstić information content (AvgIpc) is 2.40. The molecule has 0 radical (unpaired) electrons. The van der Waals surface area contributed by atoms with Gasteiger partial charge in [-0.25, -0.2) is 0 Å². The first kappa shape index (κ1) is 8.70. The lowest BCUT2D eigenvalue weighted by atomic mass is 9.99. The summed E-state index contributed by atoms with van der Waals surface area (Å²) < 4.78 is 5.41. The first-order chi connectivity index (χ1) is 6.22. The van der Waals surface area contributed by atoms with E-state index in [0.29, 0.717) is 6.61 Å². The van der Waals surface area contributed by atoms with Gasteiger partial charge in [0, 0.05) is 5.92 Å². The Labute approximate surface area is 78.3 Å². The highest BCUT2D eigenvalue weighted by atomic mass is 16.5. The summed E-state index contributed by atoms with van der Waals surface area (Å²) >= 11 is 0. The van der Waals surface area contributed by atoms with Crippen molar-refractivity contribution in [2.75, 3.05) is 13.2 Å². The van der Waals surface area contributed by atoms with Crippen LogP contribution in [-0.4, -0.2) is 19.0 Å². The molecule has 0 amide bonds. The van der Waals surface area contributed by atoms with Crippen LogP contribution in [-0.2, 0) is 9.53 Å². The van der Waals surface area contributed by atoms with E-state index in [2.05, 4.69) is 6.08 Å². The number of Topliss-reactive ketones (excluding diaryl/α,β-unsaturated/α-hetero) is 1. The maximum Gasteiger partial charge on any atom is 0.166 e. The highest BCUT2D eigenvalue weighted by molar-refractivity contribution is 6.04. The second-order valence-corrected chi connectivity index (χ2v) is 3.69. The molecule has 0 saturated carbocycles. The molecule has 70 valence electrons. The third-order valence-corrected chi connectivity index (χ3v) is 2.90. The van der Waals surface area contributed by atoms with Crippen LogP contribution in [0.4, 0.5) is 0 Å². The van der Waals surface area contributed by atoms with Crippen LogP contribution < -0.4 is 0 Å². The first-order valence-electron chi connectivity index (χ1n) is 4.74. The molecule has 1 heterocycles. The largest absolute Gasteiger partial charge is 0.376 e. The zero-order valence-electron chi connectivity index (χ0n) is 8.09. The van der Waals surface area contributed by atoms with Crippen molar-refractivity contribution in [3.8, 4) is 0 Å². The summed E-state index contributed by atoms with van der Waals surface area (Å²) in [6.07, 6.45) is 3.09. The van der Waals surface area contributed by atoms with Gasteiger partial charge in [-0.05, 0) is 30.1 Å². The maximum absolute atomic E-state index is 11.6. The molecule has 2 nitrogen and oxygen atoms in total. The van der Waals surface area contributed by atoms with Gasteiger partial charge in [-0.1, -0.05) is 13.0 Å². The van der Waals surface area contributed by atoms with Gasteiger partial charge in [-0.15, -0.1) is 0 Å². The third kappa shape index (κ3) is 1.25. The van der Waals surface area contributed by atoms with Crippen molar-refractivity contribution in [1.82, 2.24) is 0 Å². The average molecular weight is 178 g/mol. The van der Waals surface area contributed by atoms with E-state index in [9.17, 15) is 4.79 Å². The zero-order chi connectivity index (χ0) is 9.42. The normalized spacial score (nSPS) is 28.6. The van der Waals surface area contributed by atoms with Crippen LogP contribution in [0.25, 0.3) is 0 Å². The zero-order valence-corrected chi connectivity index (χ0v) is 8.09. The number of ether oxygens (including phenoxy) is 1. The summed E-state index contributed by atoms with van der Waals surface area (Å²) in [6, 6.07) is 0. The van der Waals surface area contributed by atoms with E-state index in [1.54, 1.807) is 0 Å². The molecule has 2 aliphatic rings. The Balaban J connectivity index is 2.44. The SMILES string of the molecule is CC1=C2COCCC=C2[C@@H](C)C1=O. The minimum atomic E-state index is 0.0664. The van der Waals surface area contributed by atoms with Gasteiger partial charge in [0.25, 0.3) is 0 Å². The standard InChI is InChI=1S/C11H14O2/c1-7-9-4-3-5-13-6-10(9)8(2)11(7)12/h4,7H,3,5-6H2,1-2H3/t7-/m1/s1. The molecule has 0 fully saturated rings. The fraction of sp³-hybridized carbons (Fsp3) is 0.545. The van der Waals surface area contributed by atoms with Gasteiger partial charge >= 0.3 is 0 Å². The van der Waals surface area contributed by atoms with Gasteiger partial charge in [0.05, 0.1) is 13.2 Å². The molecular formula is C11H14O2. The Morgan fingerprint density at radius 2 is 2.31 bits per heavy atom. The molecule has 0 aromatic carbocycles.